The molecule has 0 amide bonds. The average Bonchev–Trinajstić information content (AvgIpc) is 2.77. The molecule has 0 fully saturated rings. The molecule has 2 rings (SSSR count). The summed E-state index contributed by atoms with van der Waals surface area (Å²) in [5.41, 5.74) is 1.18. The number of H-pyrrole nitrogens is 1. The van der Waals surface area contributed by atoms with Crippen LogP contribution in [0.5, 0.6) is 0 Å². The molecule has 2 aromatic rings. The van der Waals surface area contributed by atoms with Crippen LogP contribution in [-0.2, 0) is 0 Å². The Labute approximate surface area is 90.2 Å². The van der Waals surface area contributed by atoms with E-state index >= 15 is 0 Å². The van der Waals surface area contributed by atoms with E-state index in [1.165, 1.54) is 12.1 Å². The zero-order valence-corrected chi connectivity index (χ0v) is 8.01. The third kappa shape index (κ3) is 1.62. The van der Waals surface area contributed by atoms with Gasteiger partial charge in [0, 0.05) is 5.56 Å². The second kappa shape index (κ2) is 3.82. The molecule has 6 nitrogen and oxygen atoms in total. The first-order chi connectivity index (χ1) is 7.72. The molecule has 0 aliphatic heterocycles. The van der Waals surface area contributed by atoms with E-state index in [2.05, 4.69) is 15.4 Å². The zero-order valence-electron chi connectivity index (χ0n) is 8.01. The number of hydrogen-bond acceptors (Lipinski definition) is 4. The van der Waals surface area contributed by atoms with Crippen LogP contribution in [0.1, 0.15) is 16.1 Å². The van der Waals surface area contributed by atoms with Gasteiger partial charge in [0.15, 0.2) is 5.69 Å². The molecule has 0 atom stereocenters. The maximum atomic E-state index is 10.8. The van der Waals surface area contributed by atoms with Crippen LogP contribution < -0.4 is 0 Å². The zero-order chi connectivity index (χ0) is 11.5. The quantitative estimate of drug-likeness (QED) is 0.777. The smallest absolute Gasteiger partial charge is 0.335 e. The molecular formula is C10H6N4O2. The van der Waals surface area contributed by atoms with Gasteiger partial charge in [-0.15, -0.1) is 5.10 Å². The molecule has 0 aliphatic rings. The van der Waals surface area contributed by atoms with Crippen LogP contribution in [0.25, 0.3) is 11.3 Å². The molecule has 0 aliphatic carbocycles. The van der Waals surface area contributed by atoms with E-state index in [-0.39, 0.29) is 11.3 Å². The monoisotopic (exact) mass is 214 g/mol. The minimum absolute atomic E-state index is 0.141. The van der Waals surface area contributed by atoms with E-state index in [9.17, 15) is 4.79 Å². The maximum Gasteiger partial charge on any atom is 0.335 e. The van der Waals surface area contributed by atoms with Crippen molar-refractivity contribution in [2.45, 2.75) is 0 Å². The van der Waals surface area contributed by atoms with Gasteiger partial charge in [0.25, 0.3) is 0 Å². The van der Waals surface area contributed by atoms with Gasteiger partial charge in [-0.2, -0.15) is 15.6 Å². The number of aromatic carboxylic acids is 1. The maximum absolute atomic E-state index is 10.8. The molecular weight excluding hydrogens is 208 g/mol. The Morgan fingerprint density at radius 2 is 2.25 bits per heavy atom. The topological polar surface area (TPSA) is 103 Å². The Hall–Kier alpha value is -2.68. The van der Waals surface area contributed by atoms with E-state index in [0.29, 0.717) is 11.3 Å². The predicted molar refractivity (Wildman–Crippen MR) is 53.5 cm³/mol. The highest BCUT2D eigenvalue weighted by atomic mass is 16.4. The SMILES string of the molecule is N#Cc1n[nH]nc1-c1cccc(C(=O)O)c1. The third-order valence-corrected chi connectivity index (χ3v) is 2.04. The standard InChI is InChI=1S/C10H6N4O2/c11-5-8-9(13-14-12-8)6-2-1-3-7(4-6)10(15)16/h1-4H,(H,15,16)(H,12,13,14). The van der Waals surface area contributed by atoms with Crippen molar-refractivity contribution >= 4 is 5.97 Å². The lowest BCUT2D eigenvalue weighted by atomic mass is 10.1. The second-order valence-electron chi connectivity index (χ2n) is 3.02. The van der Waals surface area contributed by atoms with Gasteiger partial charge in [-0.3, -0.25) is 0 Å². The van der Waals surface area contributed by atoms with Crippen molar-refractivity contribution in [3.05, 3.63) is 35.5 Å². The number of aromatic nitrogens is 3. The van der Waals surface area contributed by atoms with Crippen molar-refractivity contribution in [1.82, 2.24) is 15.4 Å². The number of carboxylic acids is 1. The molecule has 0 saturated heterocycles. The summed E-state index contributed by atoms with van der Waals surface area (Å²) >= 11 is 0. The number of aromatic amines is 1. The number of hydrogen-bond donors (Lipinski definition) is 2. The summed E-state index contributed by atoms with van der Waals surface area (Å²) in [4.78, 5) is 10.8. The van der Waals surface area contributed by atoms with E-state index in [0.717, 1.165) is 0 Å². The molecule has 16 heavy (non-hydrogen) atoms. The second-order valence-corrected chi connectivity index (χ2v) is 3.02. The molecule has 1 aromatic heterocycles. The summed E-state index contributed by atoms with van der Waals surface area (Å²) < 4.78 is 0. The fraction of sp³-hybridized carbons (Fsp3) is 0. The first-order valence-corrected chi connectivity index (χ1v) is 4.37. The fourth-order valence-electron chi connectivity index (χ4n) is 1.31. The van der Waals surface area contributed by atoms with Crippen LogP contribution in [0.4, 0.5) is 0 Å². The Bertz CT molecular complexity index is 583. The molecule has 78 valence electrons. The lowest BCUT2D eigenvalue weighted by Crippen LogP contribution is -1.96. The van der Waals surface area contributed by atoms with Gasteiger partial charge in [-0.1, -0.05) is 12.1 Å². The van der Waals surface area contributed by atoms with Crippen LogP contribution in [0.3, 0.4) is 0 Å². The highest BCUT2D eigenvalue weighted by Crippen LogP contribution is 2.20. The molecule has 0 unspecified atom stereocenters. The number of rotatable bonds is 2. The minimum atomic E-state index is -1.02. The lowest BCUT2D eigenvalue weighted by Gasteiger charge is -1.98. The van der Waals surface area contributed by atoms with Gasteiger partial charge in [-0.05, 0) is 12.1 Å². The molecule has 0 bridgehead atoms. The van der Waals surface area contributed by atoms with Crippen molar-refractivity contribution in [3.8, 4) is 17.3 Å². The van der Waals surface area contributed by atoms with E-state index < -0.39 is 5.97 Å². The molecule has 1 heterocycles. The van der Waals surface area contributed by atoms with E-state index in [4.69, 9.17) is 10.4 Å². The molecule has 0 saturated carbocycles. The molecule has 0 radical (unpaired) electrons. The number of benzene rings is 1. The Kier molecular flexibility index (Phi) is 2.36. The van der Waals surface area contributed by atoms with Crippen molar-refractivity contribution in [2.24, 2.45) is 0 Å². The Morgan fingerprint density at radius 3 is 2.94 bits per heavy atom. The number of carboxylic acid groups (broad SMARTS) is 1. The van der Waals surface area contributed by atoms with Crippen molar-refractivity contribution in [1.29, 1.82) is 5.26 Å². The summed E-state index contributed by atoms with van der Waals surface area (Å²) in [6.07, 6.45) is 0. The summed E-state index contributed by atoms with van der Waals surface area (Å²) in [7, 11) is 0. The van der Waals surface area contributed by atoms with Gasteiger partial charge in [0.1, 0.15) is 11.8 Å². The Balaban J connectivity index is 2.53. The molecule has 2 N–H and O–H groups in total. The molecule has 6 heteroatoms. The minimum Gasteiger partial charge on any atom is -0.478 e. The van der Waals surface area contributed by atoms with Gasteiger partial charge in [-0.25, -0.2) is 4.79 Å². The number of nitrogens with zero attached hydrogens (tertiary/aromatic N) is 3. The van der Waals surface area contributed by atoms with Crippen LogP contribution >= 0.6 is 0 Å². The average molecular weight is 214 g/mol. The van der Waals surface area contributed by atoms with Crippen LogP contribution in [0.15, 0.2) is 24.3 Å². The largest absolute Gasteiger partial charge is 0.478 e. The predicted octanol–water partition coefficient (Wildman–Crippen LogP) is 1.04. The highest BCUT2D eigenvalue weighted by molar-refractivity contribution is 5.89. The molecule has 0 spiro atoms. The van der Waals surface area contributed by atoms with Crippen molar-refractivity contribution in [3.63, 3.8) is 0 Å². The first kappa shape index (κ1) is 9.86. The van der Waals surface area contributed by atoms with Gasteiger partial charge >= 0.3 is 5.97 Å². The highest BCUT2D eigenvalue weighted by Gasteiger charge is 2.11. The van der Waals surface area contributed by atoms with Gasteiger partial charge < -0.3 is 5.11 Å². The Morgan fingerprint density at radius 1 is 1.44 bits per heavy atom. The van der Waals surface area contributed by atoms with Crippen LogP contribution in [0, 0.1) is 11.3 Å². The van der Waals surface area contributed by atoms with Crippen LogP contribution in [-0.4, -0.2) is 26.5 Å². The first-order valence-electron chi connectivity index (χ1n) is 4.37. The van der Waals surface area contributed by atoms with E-state index in [1.54, 1.807) is 12.1 Å². The van der Waals surface area contributed by atoms with Crippen molar-refractivity contribution in [2.75, 3.05) is 0 Å². The van der Waals surface area contributed by atoms with Crippen LogP contribution in [0.2, 0.25) is 0 Å². The van der Waals surface area contributed by atoms with Crippen molar-refractivity contribution < 1.29 is 9.90 Å². The summed E-state index contributed by atoms with van der Waals surface area (Å²) in [6.45, 7) is 0. The van der Waals surface area contributed by atoms with Gasteiger partial charge in [0.2, 0.25) is 0 Å². The van der Waals surface area contributed by atoms with E-state index in [1.807, 2.05) is 6.07 Å². The third-order valence-electron chi connectivity index (χ3n) is 2.04. The number of nitrogens with one attached hydrogen (secondary N) is 1. The number of carbonyl (C=O) groups is 1. The fourth-order valence-corrected chi connectivity index (χ4v) is 1.31. The molecule has 1 aromatic carbocycles. The summed E-state index contributed by atoms with van der Waals surface area (Å²) in [5.74, 6) is -1.02. The summed E-state index contributed by atoms with van der Waals surface area (Å²) in [5, 5.41) is 27.4. The summed E-state index contributed by atoms with van der Waals surface area (Å²) in [6, 6.07) is 8.05. The lowest BCUT2D eigenvalue weighted by molar-refractivity contribution is 0.0697. The normalized spacial score (nSPS) is 9.69. The number of nitriles is 1. The van der Waals surface area contributed by atoms with Gasteiger partial charge in [0.05, 0.1) is 5.56 Å².